The molecule has 1 atom stereocenters. The molecule has 1 aromatic heterocycles. The summed E-state index contributed by atoms with van der Waals surface area (Å²) in [5, 5.41) is 9.58. The van der Waals surface area contributed by atoms with Gasteiger partial charge in [-0.15, -0.1) is 11.6 Å². The molecule has 2 aliphatic heterocycles. The van der Waals surface area contributed by atoms with E-state index in [9.17, 15) is 14.7 Å². The summed E-state index contributed by atoms with van der Waals surface area (Å²) in [6.45, 7) is 8.53. The second kappa shape index (κ2) is 7.49. The topological polar surface area (TPSA) is 105 Å². The number of piperazine rings is 1. The highest BCUT2D eigenvalue weighted by Gasteiger charge is 2.52. The fraction of sp³-hybridized carbons (Fsp3) is 0.647. The summed E-state index contributed by atoms with van der Waals surface area (Å²) in [5.74, 6) is -1.23. The molecule has 28 heavy (non-hydrogen) atoms. The molecular formula is C17H24BClN4O5. The number of amides is 1. The fourth-order valence-corrected chi connectivity index (χ4v) is 3.29. The zero-order valence-corrected chi connectivity index (χ0v) is 17.1. The molecule has 2 saturated heterocycles. The van der Waals surface area contributed by atoms with Gasteiger partial charge in [-0.1, -0.05) is 0 Å². The molecule has 2 fully saturated rings. The standard InChI is InChI=1S/C17H24BClN4O5/c1-16(2)17(3,4)28-18(27-16)11-8-20-15(21-9-11)23-6-5-22(13(24)7-19)10-12(23)14(25)26/h8-9,12H,5-7,10H2,1-4H3,(H,25,26). The molecule has 9 nitrogen and oxygen atoms in total. The number of halogens is 1. The minimum atomic E-state index is -1.05. The lowest BCUT2D eigenvalue weighted by Crippen LogP contribution is -2.58. The lowest BCUT2D eigenvalue weighted by molar-refractivity contribution is -0.141. The van der Waals surface area contributed by atoms with Gasteiger partial charge in [0.2, 0.25) is 11.9 Å². The lowest BCUT2D eigenvalue weighted by Gasteiger charge is -2.39. The first kappa shape index (κ1) is 20.8. The van der Waals surface area contributed by atoms with E-state index in [4.69, 9.17) is 20.9 Å². The number of alkyl halides is 1. The SMILES string of the molecule is CC1(C)OB(c2cnc(N3CCN(C(=O)CCl)CC3C(=O)O)nc2)OC1(C)C. The van der Waals surface area contributed by atoms with Gasteiger partial charge < -0.3 is 24.2 Å². The van der Waals surface area contributed by atoms with Crippen molar-refractivity contribution in [1.82, 2.24) is 14.9 Å². The number of aromatic nitrogens is 2. The predicted octanol–water partition coefficient (Wildman–Crippen LogP) is 0.116. The van der Waals surface area contributed by atoms with Gasteiger partial charge in [0.15, 0.2) is 0 Å². The summed E-state index contributed by atoms with van der Waals surface area (Å²) >= 11 is 5.59. The van der Waals surface area contributed by atoms with Crippen LogP contribution in [0.1, 0.15) is 27.7 Å². The number of carboxylic acids is 1. The van der Waals surface area contributed by atoms with E-state index in [0.29, 0.717) is 18.6 Å². The zero-order valence-electron chi connectivity index (χ0n) is 16.4. The van der Waals surface area contributed by atoms with Gasteiger partial charge in [-0.25, -0.2) is 14.8 Å². The summed E-state index contributed by atoms with van der Waals surface area (Å²) in [7, 11) is -0.590. The minimum absolute atomic E-state index is 0.0310. The van der Waals surface area contributed by atoms with E-state index < -0.39 is 30.3 Å². The molecule has 1 N–H and O–H groups in total. The highest BCUT2D eigenvalue weighted by molar-refractivity contribution is 6.61. The number of hydrogen-bond acceptors (Lipinski definition) is 7. The van der Waals surface area contributed by atoms with Gasteiger partial charge in [0.1, 0.15) is 11.9 Å². The maximum absolute atomic E-state index is 11.8. The van der Waals surface area contributed by atoms with Crippen LogP contribution in [0.3, 0.4) is 0 Å². The smallest absolute Gasteiger partial charge is 0.480 e. The Kier molecular flexibility index (Phi) is 5.57. The van der Waals surface area contributed by atoms with Crippen LogP contribution < -0.4 is 10.4 Å². The number of aliphatic carboxylic acids is 1. The third-order valence-electron chi connectivity index (χ3n) is 5.57. The molecule has 0 aromatic carbocycles. The van der Waals surface area contributed by atoms with Crippen LogP contribution in [0.4, 0.5) is 5.95 Å². The Balaban J connectivity index is 1.76. The molecule has 11 heteroatoms. The van der Waals surface area contributed by atoms with E-state index in [1.807, 2.05) is 27.7 Å². The van der Waals surface area contributed by atoms with E-state index in [-0.39, 0.29) is 24.3 Å². The monoisotopic (exact) mass is 410 g/mol. The van der Waals surface area contributed by atoms with Crippen LogP contribution in [0.15, 0.2) is 12.4 Å². The summed E-state index contributed by atoms with van der Waals surface area (Å²) in [6, 6.07) is -0.941. The Hall–Kier alpha value is -1.91. The number of anilines is 1. The molecule has 0 saturated carbocycles. The van der Waals surface area contributed by atoms with Gasteiger partial charge in [0.25, 0.3) is 0 Å². The zero-order chi connectivity index (χ0) is 20.7. The van der Waals surface area contributed by atoms with Gasteiger partial charge in [-0.05, 0) is 27.7 Å². The second-order valence-electron chi connectivity index (χ2n) is 7.93. The highest BCUT2D eigenvalue weighted by Crippen LogP contribution is 2.36. The van der Waals surface area contributed by atoms with E-state index >= 15 is 0 Å². The van der Waals surface area contributed by atoms with Gasteiger partial charge in [0, 0.05) is 30.9 Å². The molecule has 0 aliphatic carbocycles. The van der Waals surface area contributed by atoms with E-state index in [2.05, 4.69) is 9.97 Å². The predicted molar refractivity (Wildman–Crippen MR) is 104 cm³/mol. The van der Waals surface area contributed by atoms with Crippen LogP contribution in [-0.2, 0) is 18.9 Å². The third kappa shape index (κ3) is 3.81. The maximum Gasteiger partial charge on any atom is 0.498 e. The number of hydrogen-bond donors (Lipinski definition) is 1. The second-order valence-corrected chi connectivity index (χ2v) is 8.19. The van der Waals surface area contributed by atoms with Crippen molar-refractivity contribution < 1.29 is 24.0 Å². The van der Waals surface area contributed by atoms with Crippen molar-refractivity contribution in [3.8, 4) is 0 Å². The first-order valence-corrected chi connectivity index (χ1v) is 9.60. The van der Waals surface area contributed by atoms with Gasteiger partial charge in [0.05, 0.1) is 17.7 Å². The summed E-state index contributed by atoms with van der Waals surface area (Å²) in [6.07, 6.45) is 3.17. The van der Waals surface area contributed by atoms with Gasteiger partial charge >= 0.3 is 13.1 Å². The third-order valence-corrected chi connectivity index (χ3v) is 5.80. The number of carboxylic acid groups (broad SMARTS) is 1. The van der Waals surface area contributed by atoms with E-state index in [1.165, 1.54) is 4.90 Å². The number of carbonyl (C=O) groups excluding carboxylic acids is 1. The van der Waals surface area contributed by atoms with Crippen molar-refractivity contribution in [3.05, 3.63) is 12.4 Å². The number of nitrogens with zero attached hydrogens (tertiary/aromatic N) is 4. The Labute approximate surface area is 169 Å². The highest BCUT2D eigenvalue weighted by atomic mass is 35.5. The van der Waals surface area contributed by atoms with E-state index in [1.54, 1.807) is 17.3 Å². The summed E-state index contributed by atoms with van der Waals surface area (Å²) in [5.41, 5.74) is -0.295. The number of rotatable bonds is 4. The Bertz CT molecular complexity index is 744. The molecule has 3 heterocycles. The van der Waals surface area contributed by atoms with Gasteiger partial charge in [-0.2, -0.15) is 0 Å². The van der Waals surface area contributed by atoms with Crippen LogP contribution in [0.2, 0.25) is 0 Å². The van der Waals surface area contributed by atoms with Crippen molar-refractivity contribution in [2.45, 2.75) is 44.9 Å². The maximum atomic E-state index is 11.8. The molecule has 1 amide bonds. The number of carbonyl (C=O) groups is 2. The molecular weight excluding hydrogens is 386 g/mol. The molecule has 0 bridgehead atoms. The van der Waals surface area contributed by atoms with Crippen molar-refractivity contribution >= 4 is 42.0 Å². The Morgan fingerprint density at radius 2 is 1.79 bits per heavy atom. The molecule has 0 radical (unpaired) electrons. The van der Waals surface area contributed by atoms with Crippen molar-refractivity contribution in [3.63, 3.8) is 0 Å². The summed E-state index contributed by atoms with van der Waals surface area (Å²) < 4.78 is 12.0. The molecule has 1 unspecified atom stereocenters. The molecule has 152 valence electrons. The largest absolute Gasteiger partial charge is 0.498 e. The average Bonchev–Trinajstić information content (AvgIpc) is 2.88. The first-order valence-electron chi connectivity index (χ1n) is 9.06. The van der Waals surface area contributed by atoms with Crippen LogP contribution in [-0.4, -0.2) is 81.7 Å². The van der Waals surface area contributed by atoms with Crippen molar-refractivity contribution in [2.24, 2.45) is 0 Å². The summed E-state index contributed by atoms with van der Waals surface area (Å²) in [4.78, 5) is 35.2. The molecule has 1 aromatic rings. The molecule has 2 aliphatic rings. The first-order chi connectivity index (χ1) is 13.1. The van der Waals surface area contributed by atoms with Crippen LogP contribution in [0.25, 0.3) is 0 Å². The van der Waals surface area contributed by atoms with Crippen LogP contribution in [0, 0.1) is 0 Å². The van der Waals surface area contributed by atoms with Gasteiger partial charge in [-0.3, -0.25) is 4.79 Å². The van der Waals surface area contributed by atoms with E-state index in [0.717, 1.165) is 0 Å². The lowest BCUT2D eigenvalue weighted by atomic mass is 9.81. The van der Waals surface area contributed by atoms with Crippen LogP contribution in [0.5, 0.6) is 0 Å². The quantitative estimate of drug-likeness (QED) is 0.551. The van der Waals surface area contributed by atoms with Crippen LogP contribution >= 0.6 is 11.6 Å². The van der Waals surface area contributed by atoms with Crippen molar-refractivity contribution in [1.29, 1.82) is 0 Å². The molecule has 0 spiro atoms. The minimum Gasteiger partial charge on any atom is -0.480 e. The Morgan fingerprint density at radius 3 is 2.29 bits per heavy atom. The fourth-order valence-electron chi connectivity index (χ4n) is 3.13. The Morgan fingerprint density at radius 1 is 1.21 bits per heavy atom. The average molecular weight is 411 g/mol. The van der Waals surface area contributed by atoms with Crippen molar-refractivity contribution in [2.75, 3.05) is 30.4 Å². The normalized spacial score (nSPS) is 23.8. The molecule has 3 rings (SSSR count).